The van der Waals surface area contributed by atoms with Crippen molar-refractivity contribution in [2.24, 2.45) is 10.1 Å². The molecule has 1 aromatic heterocycles. The van der Waals surface area contributed by atoms with E-state index in [2.05, 4.69) is 26.5 Å². The number of fused-ring (bicyclic) bond motifs is 1. The molecular weight excluding hydrogens is 406 g/mol. The highest BCUT2D eigenvalue weighted by molar-refractivity contribution is 9.10. The van der Waals surface area contributed by atoms with Gasteiger partial charge in [-0.25, -0.2) is 4.99 Å². The van der Waals surface area contributed by atoms with E-state index in [0.717, 1.165) is 37.7 Å². The molecule has 0 spiro atoms. The number of nitrogens with one attached hydrogen (secondary N) is 1. The predicted molar refractivity (Wildman–Crippen MR) is 105 cm³/mol. The van der Waals surface area contributed by atoms with Crippen molar-refractivity contribution in [3.63, 3.8) is 0 Å². The lowest BCUT2D eigenvalue weighted by atomic mass is 10.0. The fourth-order valence-corrected chi connectivity index (χ4v) is 3.70. The first kappa shape index (κ1) is 15.6. The molecule has 1 N–H and O–H groups in total. The molecule has 3 aromatic rings. The second-order valence-electron chi connectivity index (χ2n) is 5.18. The Labute approximate surface area is 156 Å². The Balaban J connectivity index is 1.90. The Hall–Kier alpha value is -1.95. The summed E-state index contributed by atoms with van der Waals surface area (Å²) in [6.07, 6.45) is 0. The molecule has 0 bridgehead atoms. The number of hydrazone groups is 1. The summed E-state index contributed by atoms with van der Waals surface area (Å²) in [6.45, 7) is 0. The van der Waals surface area contributed by atoms with Gasteiger partial charge in [0.25, 0.3) is 0 Å². The average Bonchev–Trinajstić information content (AvgIpc) is 3.04. The van der Waals surface area contributed by atoms with E-state index in [1.165, 1.54) is 0 Å². The molecule has 0 amide bonds. The van der Waals surface area contributed by atoms with Crippen LogP contribution in [0.4, 0.5) is 5.69 Å². The first-order chi connectivity index (χ1) is 11.7. The Morgan fingerprint density at radius 2 is 1.96 bits per heavy atom. The van der Waals surface area contributed by atoms with Crippen LogP contribution in [0.2, 0.25) is 5.02 Å². The second kappa shape index (κ2) is 6.51. The molecule has 0 radical (unpaired) electrons. The van der Waals surface area contributed by atoms with Crippen molar-refractivity contribution in [2.45, 2.75) is 0 Å². The van der Waals surface area contributed by atoms with E-state index >= 15 is 0 Å². The molecule has 0 atom stereocenters. The highest BCUT2D eigenvalue weighted by atomic mass is 79.9. The minimum absolute atomic E-state index is 0.676. The van der Waals surface area contributed by atoms with Gasteiger partial charge in [-0.3, -0.25) is 5.43 Å². The van der Waals surface area contributed by atoms with Gasteiger partial charge in [0.1, 0.15) is 5.71 Å². The SMILES string of the molecule is Clc1cccc(C2=NNC(c3cccs3)=Nc3ccc(Br)cc32)c1. The standard InChI is InChI=1S/C18H11BrClN3S/c19-12-6-7-15-14(10-12)17(11-3-1-4-13(20)9-11)22-23-18(21-15)16-5-2-8-24-16/h1-10H,(H,21,23). The third-order valence-corrected chi connectivity index (χ3v) is 5.18. The molecule has 118 valence electrons. The third-order valence-electron chi connectivity index (χ3n) is 3.57. The highest BCUT2D eigenvalue weighted by Gasteiger charge is 2.18. The lowest BCUT2D eigenvalue weighted by molar-refractivity contribution is 1.03. The molecule has 4 rings (SSSR count). The summed E-state index contributed by atoms with van der Waals surface area (Å²) in [5, 5.41) is 7.32. The zero-order chi connectivity index (χ0) is 16.5. The van der Waals surface area contributed by atoms with Gasteiger partial charge in [0, 0.05) is 20.6 Å². The van der Waals surface area contributed by atoms with Crippen LogP contribution in [0, 0.1) is 0 Å². The zero-order valence-electron chi connectivity index (χ0n) is 12.3. The summed E-state index contributed by atoms with van der Waals surface area (Å²) in [4.78, 5) is 5.81. The lowest BCUT2D eigenvalue weighted by Gasteiger charge is -2.08. The van der Waals surface area contributed by atoms with Crippen LogP contribution in [0.15, 0.2) is 74.5 Å². The molecule has 1 aliphatic heterocycles. The number of nitrogens with zero attached hydrogens (tertiary/aromatic N) is 2. The number of amidine groups is 1. The van der Waals surface area contributed by atoms with E-state index in [1.54, 1.807) is 11.3 Å². The molecule has 0 unspecified atom stereocenters. The molecule has 0 saturated carbocycles. The maximum absolute atomic E-state index is 6.16. The topological polar surface area (TPSA) is 36.8 Å². The van der Waals surface area contributed by atoms with E-state index in [-0.39, 0.29) is 0 Å². The Bertz CT molecular complexity index is 964. The van der Waals surface area contributed by atoms with Crippen LogP contribution < -0.4 is 5.43 Å². The summed E-state index contributed by atoms with van der Waals surface area (Å²) >= 11 is 11.3. The minimum Gasteiger partial charge on any atom is -0.260 e. The van der Waals surface area contributed by atoms with Crippen LogP contribution >= 0.6 is 38.9 Å². The third kappa shape index (κ3) is 3.02. The van der Waals surface area contributed by atoms with Gasteiger partial charge in [-0.1, -0.05) is 45.7 Å². The first-order valence-corrected chi connectivity index (χ1v) is 9.28. The number of thiophene rings is 1. The van der Waals surface area contributed by atoms with Crippen LogP contribution in [-0.4, -0.2) is 11.5 Å². The van der Waals surface area contributed by atoms with Crippen molar-refractivity contribution in [1.82, 2.24) is 5.43 Å². The molecular formula is C18H11BrClN3S. The van der Waals surface area contributed by atoms with Gasteiger partial charge in [0.2, 0.25) is 0 Å². The Morgan fingerprint density at radius 3 is 2.75 bits per heavy atom. The molecule has 1 aliphatic rings. The molecule has 0 aliphatic carbocycles. The summed E-state index contributed by atoms with van der Waals surface area (Å²) < 4.78 is 0.978. The fraction of sp³-hybridized carbons (Fsp3) is 0. The number of rotatable bonds is 2. The van der Waals surface area contributed by atoms with Crippen molar-refractivity contribution in [1.29, 1.82) is 0 Å². The monoisotopic (exact) mass is 415 g/mol. The van der Waals surface area contributed by atoms with Crippen molar-refractivity contribution in [3.8, 4) is 0 Å². The fourth-order valence-electron chi connectivity index (χ4n) is 2.49. The van der Waals surface area contributed by atoms with Crippen LogP contribution in [0.3, 0.4) is 0 Å². The van der Waals surface area contributed by atoms with Crippen LogP contribution in [0.25, 0.3) is 0 Å². The summed E-state index contributed by atoms with van der Waals surface area (Å²) in [5.74, 6) is 0.741. The van der Waals surface area contributed by atoms with Crippen LogP contribution in [0.1, 0.15) is 16.0 Å². The Morgan fingerprint density at radius 1 is 1.04 bits per heavy atom. The van der Waals surface area contributed by atoms with Crippen molar-refractivity contribution in [3.05, 3.63) is 85.5 Å². The van der Waals surface area contributed by atoms with E-state index in [0.29, 0.717) is 5.02 Å². The summed E-state index contributed by atoms with van der Waals surface area (Å²) in [5.41, 5.74) is 6.68. The highest BCUT2D eigenvalue weighted by Crippen LogP contribution is 2.29. The molecule has 24 heavy (non-hydrogen) atoms. The maximum Gasteiger partial charge on any atom is 0.164 e. The summed E-state index contributed by atoms with van der Waals surface area (Å²) in [7, 11) is 0. The summed E-state index contributed by atoms with van der Waals surface area (Å²) in [6, 6.07) is 17.7. The predicted octanol–water partition coefficient (Wildman–Crippen LogP) is 5.60. The smallest absolute Gasteiger partial charge is 0.164 e. The van der Waals surface area contributed by atoms with Crippen molar-refractivity contribution < 1.29 is 0 Å². The van der Waals surface area contributed by atoms with E-state index in [4.69, 9.17) is 16.6 Å². The van der Waals surface area contributed by atoms with Gasteiger partial charge < -0.3 is 0 Å². The van der Waals surface area contributed by atoms with Crippen molar-refractivity contribution >= 4 is 56.1 Å². The molecule has 0 fully saturated rings. The van der Waals surface area contributed by atoms with Gasteiger partial charge in [0.15, 0.2) is 5.84 Å². The molecule has 2 aromatic carbocycles. The molecule has 0 saturated heterocycles. The zero-order valence-corrected chi connectivity index (χ0v) is 15.5. The largest absolute Gasteiger partial charge is 0.260 e. The average molecular weight is 417 g/mol. The minimum atomic E-state index is 0.676. The van der Waals surface area contributed by atoms with Crippen LogP contribution in [0.5, 0.6) is 0 Å². The van der Waals surface area contributed by atoms with Gasteiger partial charge >= 0.3 is 0 Å². The number of aliphatic imine (C=N–C) groups is 1. The van der Waals surface area contributed by atoms with Gasteiger partial charge in [-0.05, 0) is 41.8 Å². The van der Waals surface area contributed by atoms with Gasteiger partial charge in [0.05, 0.1) is 10.6 Å². The molecule has 2 heterocycles. The number of benzene rings is 2. The van der Waals surface area contributed by atoms with E-state index < -0.39 is 0 Å². The molecule has 6 heteroatoms. The van der Waals surface area contributed by atoms with Crippen molar-refractivity contribution in [2.75, 3.05) is 0 Å². The van der Waals surface area contributed by atoms with Crippen LogP contribution in [-0.2, 0) is 0 Å². The van der Waals surface area contributed by atoms with E-state index in [1.807, 2.05) is 60.0 Å². The lowest BCUT2D eigenvalue weighted by Crippen LogP contribution is -2.18. The number of halogens is 2. The van der Waals surface area contributed by atoms with Gasteiger partial charge in [-0.15, -0.1) is 11.3 Å². The number of hydrogen-bond donors (Lipinski definition) is 1. The molecule has 3 nitrogen and oxygen atoms in total. The normalized spacial score (nSPS) is 13.4. The maximum atomic E-state index is 6.16. The second-order valence-corrected chi connectivity index (χ2v) is 7.48. The number of hydrogen-bond acceptors (Lipinski definition) is 4. The Kier molecular flexibility index (Phi) is 4.22. The van der Waals surface area contributed by atoms with Gasteiger partial charge in [-0.2, -0.15) is 5.10 Å². The first-order valence-electron chi connectivity index (χ1n) is 7.23. The van der Waals surface area contributed by atoms with E-state index in [9.17, 15) is 0 Å². The quantitative estimate of drug-likeness (QED) is 0.580.